The first-order valence-corrected chi connectivity index (χ1v) is 14.0. The molecule has 0 aliphatic carbocycles. The number of carbonyl (C=O) groups excluding carboxylic acids is 1. The van der Waals surface area contributed by atoms with Gasteiger partial charge in [-0.3, -0.25) is 9.89 Å². The molecular weight excluding hydrogens is 494 g/mol. The molecule has 9 heteroatoms. The molecule has 38 heavy (non-hydrogen) atoms. The highest BCUT2D eigenvalue weighted by molar-refractivity contribution is 7.20. The summed E-state index contributed by atoms with van der Waals surface area (Å²) in [5.74, 6) is 1.20. The van der Waals surface area contributed by atoms with Gasteiger partial charge in [0.2, 0.25) is 0 Å². The lowest BCUT2D eigenvalue weighted by Gasteiger charge is -2.32. The molecule has 0 radical (unpaired) electrons. The van der Waals surface area contributed by atoms with E-state index in [1.54, 1.807) is 6.20 Å². The Labute approximate surface area is 225 Å². The highest BCUT2D eigenvalue weighted by Gasteiger charge is 2.23. The maximum absolute atomic E-state index is 13.1. The van der Waals surface area contributed by atoms with E-state index >= 15 is 0 Å². The molecular formula is C29H31N7OS. The van der Waals surface area contributed by atoms with Gasteiger partial charge in [-0.05, 0) is 61.6 Å². The molecule has 6 rings (SSSR count). The zero-order valence-electron chi connectivity index (χ0n) is 21.4. The third-order valence-electron chi connectivity index (χ3n) is 7.43. The van der Waals surface area contributed by atoms with Crippen LogP contribution in [-0.4, -0.2) is 56.6 Å². The molecule has 3 N–H and O–H groups in total. The average molecular weight is 526 g/mol. The number of aromatic amines is 1. The van der Waals surface area contributed by atoms with Crippen molar-refractivity contribution in [2.24, 2.45) is 0 Å². The summed E-state index contributed by atoms with van der Waals surface area (Å²) < 4.78 is 0. The standard InChI is InChI=1S/C29H31N7OS/c1-19(20-5-3-2-4-6-20)9-12-36-13-10-22(11-14-36)34-28(37)26-16-24-27(30-18-31-29(24)38-26)33-23-8-7-21-17-32-35-25(21)15-23/h2-8,15-19,22H,9-14H2,1H3,(H,32,35)(H,34,37)(H,30,31,33). The number of aromatic nitrogens is 4. The largest absolute Gasteiger partial charge is 0.349 e. The maximum Gasteiger partial charge on any atom is 0.261 e. The Morgan fingerprint density at radius 1 is 1.13 bits per heavy atom. The second-order valence-corrected chi connectivity index (χ2v) is 11.1. The molecule has 194 valence electrons. The van der Waals surface area contributed by atoms with Crippen LogP contribution in [0.15, 0.2) is 67.1 Å². The van der Waals surface area contributed by atoms with Gasteiger partial charge in [-0.15, -0.1) is 11.3 Å². The van der Waals surface area contributed by atoms with Crippen LogP contribution in [0.1, 0.15) is 47.3 Å². The number of carbonyl (C=O) groups is 1. The van der Waals surface area contributed by atoms with Crippen LogP contribution < -0.4 is 10.6 Å². The number of nitrogens with zero attached hydrogens (tertiary/aromatic N) is 4. The number of fused-ring (bicyclic) bond motifs is 2. The van der Waals surface area contributed by atoms with E-state index in [-0.39, 0.29) is 11.9 Å². The molecule has 1 saturated heterocycles. The first-order valence-electron chi connectivity index (χ1n) is 13.2. The van der Waals surface area contributed by atoms with Crippen molar-refractivity contribution in [1.82, 2.24) is 30.4 Å². The second kappa shape index (κ2) is 10.9. The molecule has 1 unspecified atom stereocenters. The molecule has 1 amide bonds. The lowest BCUT2D eigenvalue weighted by Crippen LogP contribution is -2.44. The smallest absolute Gasteiger partial charge is 0.261 e. The number of benzene rings is 2. The van der Waals surface area contributed by atoms with Gasteiger partial charge in [0.05, 0.1) is 22.0 Å². The molecule has 1 aliphatic heterocycles. The van der Waals surface area contributed by atoms with Crippen molar-refractivity contribution in [1.29, 1.82) is 0 Å². The van der Waals surface area contributed by atoms with Crippen LogP contribution in [0, 0.1) is 0 Å². The van der Waals surface area contributed by atoms with E-state index in [2.05, 4.69) is 73.0 Å². The van der Waals surface area contributed by atoms with Gasteiger partial charge in [-0.2, -0.15) is 5.10 Å². The van der Waals surface area contributed by atoms with Crippen LogP contribution in [0.4, 0.5) is 11.5 Å². The summed E-state index contributed by atoms with van der Waals surface area (Å²) in [5.41, 5.74) is 3.24. The highest BCUT2D eigenvalue weighted by Crippen LogP contribution is 2.31. The van der Waals surface area contributed by atoms with E-state index in [4.69, 9.17) is 0 Å². The number of nitrogens with one attached hydrogen (secondary N) is 3. The van der Waals surface area contributed by atoms with Gasteiger partial charge in [-0.25, -0.2) is 9.97 Å². The SMILES string of the molecule is CC(CCN1CCC(NC(=O)c2cc3c(Nc4ccc5cn[nH]c5c4)ncnc3s2)CC1)c1ccccc1. The Morgan fingerprint density at radius 3 is 2.82 bits per heavy atom. The Bertz CT molecular complexity index is 1540. The van der Waals surface area contributed by atoms with Crippen molar-refractivity contribution in [3.63, 3.8) is 0 Å². The van der Waals surface area contributed by atoms with Crippen molar-refractivity contribution < 1.29 is 4.79 Å². The van der Waals surface area contributed by atoms with Crippen molar-refractivity contribution in [3.8, 4) is 0 Å². The molecule has 4 heterocycles. The van der Waals surface area contributed by atoms with Crippen molar-refractivity contribution in [3.05, 3.63) is 77.6 Å². The average Bonchev–Trinajstić information content (AvgIpc) is 3.61. The van der Waals surface area contributed by atoms with Gasteiger partial charge >= 0.3 is 0 Å². The van der Waals surface area contributed by atoms with Crippen molar-refractivity contribution in [2.75, 3.05) is 25.0 Å². The minimum Gasteiger partial charge on any atom is -0.349 e. The summed E-state index contributed by atoms with van der Waals surface area (Å²) in [6.07, 6.45) is 6.42. The van der Waals surface area contributed by atoms with Crippen LogP contribution in [-0.2, 0) is 0 Å². The number of rotatable bonds is 8. The lowest BCUT2D eigenvalue weighted by molar-refractivity contribution is 0.0914. The molecule has 0 bridgehead atoms. The van der Waals surface area contributed by atoms with Crippen molar-refractivity contribution in [2.45, 2.75) is 38.1 Å². The molecule has 1 fully saturated rings. The predicted octanol–water partition coefficient (Wildman–Crippen LogP) is 5.70. The molecule has 5 aromatic rings. The molecule has 3 aromatic heterocycles. The fourth-order valence-electron chi connectivity index (χ4n) is 5.10. The molecule has 0 saturated carbocycles. The van der Waals surface area contributed by atoms with Crippen molar-refractivity contribution >= 4 is 49.9 Å². The maximum atomic E-state index is 13.1. The molecule has 1 aliphatic rings. The number of anilines is 2. The van der Waals surface area contributed by atoms with E-state index in [0.717, 1.165) is 65.7 Å². The number of hydrogen-bond acceptors (Lipinski definition) is 7. The number of hydrogen-bond donors (Lipinski definition) is 3. The fourth-order valence-corrected chi connectivity index (χ4v) is 6.00. The van der Waals surface area contributed by atoms with Gasteiger partial charge < -0.3 is 15.5 Å². The Morgan fingerprint density at radius 2 is 1.97 bits per heavy atom. The Kier molecular flexibility index (Phi) is 7.02. The van der Waals surface area contributed by atoms with E-state index in [1.807, 2.05) is 24.3 Å². The summed E-state index contributed by atoms with van der Waals surface area (Å²) in [6, 6.07) is 18.8. The van der Waals surface area contributed by atoms with Crippen LogP contribution >= 0.6 is 11.3 Å². The lowest BCUT2D eigenvalue weighted by atomic mass is 9.97. The minimum absolute atomic E-state index is 0.0334. The first-order chi connectivity index (χ1) is 18.6. The fraction of sp³-hybridized carbons (Fsp3) is 0.310. The van der Waals surface area contributed by atoms with E-state index < -0.39 is 0 Å². The minimum atomic E-state index is -0.0334. The zero-order chi connectivity index (χ0) is 25.9. The summed E-state index contributed by atoms with van der Waals surface area (Å²) in [6.45, 7) is 5.42. The van der Waals surface area contributed by atoms with Gasteiger partial charge in [0.25, 0.3) is 5.91 Å². The number of thiophene rings is 1. The quantitative estimate of drug-likeness (QED) is 0.240. The summed E-state index contributed by atoms with van der Waals surface area (Å²) >= 11 is 1.40. The van der Waals surface area contributed by atoms with Crippen LogP contribution in [0.3, 0.4) is 0 Å². The van der Waals surface area contributed by atoms with E-state index in [1.165, 1.54) is 23.2 Å². The number of H-pyrrole nitrogens is 1. The zero-order valence-corrected chi connectivity index (χ0v) is 22.2. The number of piperidine rings is 1. The number of amides is 1. The molecule has 8 nitrogen and oxygen atoms in total. The summed E-state index contributed by atoms with van der Waals surface area (Å²) in [4.78, 5) is 25.9. The Hall–Kier alpha value is -3.82. The Balaban J connectivity index is 1.05. The normalized spacial score (nSPS) is 15.6. The third kappa shape index (κ3) is 5.39. The predicted molar refractivity (Wildman–Crippen MR) is 153 cm³/mol. The number of likely N-dealkylation sites (tertiary alicyclic amines) is 1. The summed E-state index contributed by atoms with van der Waals surface area (Å²) in [5, 5.41) is 15.6. The van der Waals surface area contributed by atoms with E-state index in [0.29, 0.717) is 16.6 Å². The van der Waals surface area contributed by atoms with Gasteiger partial charge in [0, 0.05) is 30.2 Å². The molecule has 1 atom stereocenters. The second-order valence-electron chi connectivity index (χ2n) is 10.0. The third-order valence-corrected chi connectivity index (χ3v) is 8.47. The topological polar surface area (TPSA) is 98.8 Å². The van der Waals surface area contributed by atoms with Crippen LogP contribution in [0.5, 0.6) is 0 Å². The highest BCUT2D eigenvalue weighted by atomic mass is 32.1. The molecule has 0 spiro atoms. The van der Waals surface area contributed by atoms with Gasteiger partial charge in [0.15, 0.2) is 0 Å². The van der Waals surface area contributed by atoms with Gasteiger partial charge in [0.1, 0.15) is 17.0 Å². The van der Waals surface area contributed by atoms with E-state index in [9.17, 15) is 4.79 Å². The van der Waals surface area contributed by atoms with Gasteiger partial charge in [-0.1, -0.05) is 37.3 Å². The summed E-state index contributed by atoms with van der Waals surface area (Å²) in [7, 11) is 0. The first kappa shape index (κ1) is 24.5. The molecule has 2 aromatic carbocycles. The van der Waals surface area contributed by atoms with Crippen LogP contribution in [0.2, 0.25) is 0 Å². The van der Waals surface area contributed by atoms with Crippen LogP contribution in [0.25, 0.3) is 21.1 Å². The monoisotopic (exact) mass is 525 g/mol.